The number of aromatic nitrogens is 3. The molecule has 6 heterocycles. The summed E-state index contributed by atoms with van der Waals surface area (Å²) in [7, 11) is 0. The van der Waals surface area contributed by atoms with Gasteiger partial charge in [-0.1, -0.05) is 18.6 Å². The molecule has 4 aliphatic heterocycles. The number of carbonyl (C=O) groups excluding carboxylic acids is 1. The fourth-order valence-electron chi connectivity index (χ4n) is 5.88. The molecule has 36 heavy (non-hydrogen) atoms. The lowest BCUT2D eigenvalue weighted by Gasteiger charge is -2.42. The number of rotatable bonds is 3. The van der Waals surface area contributed by atoms with Crippen molar-refractivity contribution in [1.29, 1.82) is 0 Å². The molecule has 2 aromatic heterocycles. The van der Waals surface area contributed by atoms with Gasteiger partial charge in [0.05, 0.1) is 34.5 Å². The Bertz CT molecular complexity index is 1330. The second-order valence-corrected chi connectivity index (χ2v) is 10.3. The largest absolute Gasteiger partial charge is 0.370 e. The lowest BCUT2D eigenvalue weighted by Crippen LogP contribution is -2.46. The number of allylic oxidation sites excluding steroid dienone is 6. The molecule has 6 rings (SSSR count). The van der Waals surface area contributed by atoms with Crippen LogP contribution in [0.5, 0.6) is 0 Å². The third-order valence-corrected chi connectivity index (χ3v) is 7.82. The number of nitrogens with zero attached hydrogens (tertiary/aromatic N) is 6. The van der Waals surface area contributed by atoms with Crippen molar-refractivity contribution in [2.45, 2.75) is 52.0 Å². The Morgan fingerprint density at radius 3 is 2.53 bits per heavy atom. The number of aryl methyl sites for hydroxylation is 2. The molecular weight excluding hydrogens is 448 g/mol. The van der Waals surface area contributed by atoms with E-state index in [1.165, 1.54) is 45.2 Å². The van der Waals surface area contributed by atoms with E-state index in [1.54, 1.807) is 11.0 Å². The zero-order valence-electron chi connectivity index (χ0n) is 21.2. The minimum atomic E-state index is -0.0614. The second-order valence-electron chi connectivity index (χ2n) is 10.3. The van der Waals surface area contributed by atoms with Crippen LogP contribution in [0.2, 0.25) is 0 Å². The number of hydrogen-bond acceptors (Lipinski definition) is 5. The van der Waals surface area contributed by atoms with Crippen molar-refractivity contribution in [2.75, 3.05) is 26.2 Å². The minimum absolute atomic E-state index is 0.0614. The molecule has 0 unspecified atom stereocenters. The topological polar surface area (TPSA) is 57.0 Å². The summed E-state index contributed by atoms with van der Waals surface area (Å²) in [5.74, 6) is -0.0614. The highest BCUT2D eigenvalue weighted by molar-refractivity contribution is 5.99. The summed E-state index contributed by atoms with van der Waals surface area (Å²) < 4.78 is 1.85. The van der Waals surface area contributed by atoms with Crippen LogP contribution in [0, 0.1) is 13.8 Å². The van der Waals surface area contributed by atoms with E-state index < -0.39 is 0 Å². The van der Waals surface area contributed by atoms with Gasteiger partial charge < -0.3 is 9.80 Å². The Hall–Kier alpha value is -3.45. The predicted molar refractivity (Wildman–Crippen MR) is 142 cm³/mol. The Morgan fingerprint density at radius 2 is 1.72 bits per heavy atom. The number of fused-ring (bicyclic) bond motifs is 2. The lowest BCUT2D eigenvalue weighted by molar-refractivity contribution is -0.122. The molecule has 1 amide bonds. The first-order valence-electron chi connectivity index (χ1n) is 13.2. The van der Waals surface area contributed by atoms with E-state index in [4.69, 9.17) is 5.10 Å². The lowest BCUT2D eigenvalue weighted by atomic mass is 9.99. The molecule has 0 spiro atoms. The molecule has 0 N–H and O–H groups in total. The van der Waals surface area contributed by atoms with Crippen molar-refractivity contribution >= 4 is 17.0 Å². The molecule has 0 atom stereocenters. The quantitative estimate of drug-likeness (QED) is 0.650. The standard InChI is InChI=1S/C29H34N6O/c1-21-19-35-28(22(2)30-21)18-27(31-35)23-7-6-8-25-9-10-26(20-34(25)29(36)17-23)33-15-11-24(12-16-33)32-13-4-3-5-14-32/h6-10,17-20,24H,3-5,11-16H2,1-2H3/b7-6?,23-17?,25-8+. The fraction of sp³-hybridized carbons (Fsp3) is 0.414. The third kappa shape index (κ3) is 4.44. The molecule has 186 valence electrons. The van der Waals surface area contributed by atoms with E-state index in [1.807, 2.05) is 55.1 Å². The molecule has 7 heteroatoms. The van der Waals surface area contributed by atoms with Gasteiger partial charge in [-0.2, -0.15) is 5.10 Å². The minimum Gasteiger partial charge on any atom is -0.370 e. The Kier molecular flexibility index (Phi) is 6.09. The van der Waals surface area contributed by atoms with Crippen LogP contribution >= 0.6 is 0 Å². The average Bonchev–Trinajstić information content (AvgIpc) is 3.32. The van der Waals surface area contributed by atoms with Crippen LogP contribution in [0.25, 0.3) is 11.1 Å². The van der Waals surface area contributed by atoms with Crippen LogP contribution in [0.15, 0.2) is 66.3 Å². The predicted octanol–water partition coefficient (Wildman–Crippen LogP) is 4.37. The van der Waals surface area contributed by atoms with Crippen LogP contribution in [0.4, 0.5) is 0 Å². The number of hydrogen-bond donors (Lipinski definition) is 0. The summed E-state index contributed by atoms with van der Waals surface area (Å²) in [5.41, 5.74) is 6.35. The molecule has 7 nitrogen and oxygen atoms in total. The maximum atomic E-state index is 13.4. The van der Waals surface area contributed by atoms with Gasteiger partial charge in [0.15, 0.2) is 0 Å². The van der Waals surface area contributed by atoms with Crippen molar-refractivity contribution in [3.63, 3.8) is 0 Å². The van der Waals surface area contributed by atoms with E-state index in [-0.39, 0.29) is 5.91 Å². The highest BCUT2D eigenvalue weighted by Crippen LogP contribution is 2.28. The monoisotopic (exact) mass is 482 g/mol. The van der Waals surface area contributed by atoms with Gasteiger partial charge >= 0.3 is 0 Å². The van der Waals surface area contributed by atoms with Gasteiger partial charge in [0.2, 0.25) is 0 Å². The van der Waals surface area contributed by atoms with E-state index in [0.717, 1.165) is 52.7 Å². The maximum absolute atomic E-state index is 13.4. The zero-order valence-corrected chi connectivity index (χ0v) is 21.2. The molecule has 0 aliphatic carbocycles. The number of amides is 1. The maximum Gasteiger partial charge on any atom is 0.255 e. The van der Waals surface area contributed by atoms with Crippen LogP contribution in [-0.4, -0.2) is 67.4 Å². The van der Waals surface area contributed by atoms with Gasteiger partial charge in [-0.05, 0) is 76.9 Å². The highest BCUT2D eigenvalue weighted by Gasteiger charge is 2.28. The third-order valence-electron chi connectivity index (χ3n) is 7.82. The van der Waals surface area contributed by atoms with Gasteiger partial charge in [-0.3, -0.25) is 14.7 Å². The highest BCUT2D eigenvalue weighted by atomic mass is 16.2. The van der Waals surface area contributed by atoms with Crippen LogP contribution in [0.3, 0.4) is 0 Å². The fourth-order valence-corrected chi connectivity index (χ4v) is 5.88. The smallest absolute Gasteiger partial charge is 0.255 e. The molecule has 0 radical (unpaired) electrons. The number of likely N-dealkylation sites (tertiary alicyclic amines) is 2. The normalized spacial score (nSPS) is 23.2. The second kappa shape index (κ2) is 9.54. The average molecular weight is 483 g/mol. The van der Waals surface area contributed by atoms with Crippen molar-refractivity contribution < 1.29 is 4.79 Å². The van der Waals surface area contributed by atoms with Gasteiger partial charge in [0.1, 0.15) is 0 Å². The van der Waals surface area contributed by atoms with Crippen molar-refractivity contribution in [3.8, 4) is 0 Å². The first kappa shape index (κ1) is 23.0. The van der Waals surface area contributed by atoms with Gasteiger partial charge in [0.25, 0.3) is 5.91 Å². The summed E-state index contributed by atoms with van der Waals surface area (Å²) >= 11 is 0. The first-order valence-corrected chi connectivity index (χ1v) is 13.2. The zero-order chi connectivity index (χ0) is 24.6. The molecule has 2 aromatic rings. The van der Waals surface area contributed by atoms with E-state index >= 15 is 0 Å². The first-order chi connectivity index (χ1) is 17.5. The van der Waals surface area contributed by atoms with Crippen LogP contribution < -0.4 is 0 Å². The summed E-state index contributed by atoms with van der Waals surface area (Å²) in [5, 5.41) is 4.73. The van der Waals surface area contributed by atoms with Crippen molar-refractivity contribution in [1.82, 2.24) is 29.3 Å². The summed E-state index contributed by atoms with van der Waals surface area (Å²) in [6.45, 7) is 8.53. The molecule has 0 saturated carbocycles. The van der Waals surface area contributed by atoms with Gasteiger partial charge in [0, 0.05) is 42.7 Å². The van der Waals surface area contributed by atoms with Crippen LogP contribution in [-0.2, 0) is 4.79 Å². The summed E-state index contributed by atoms with van der Waals surface area (Å²) in [4.78, 5) is 24.9. The molecule has 0 bridgehead atoms. The molecule has 4 aliphatic rings. The Morgan fingerprint density at radius 1 is 0.944 bits per heavy atom. The number of carbonyl (C=O) groups is 1. The SMILES string of the molecule is Cc1cn2nc(C3=CC(=O)N4C=C(N5CCC(N6CCCCC6)CC5)C=C/C4=C\C=C3)cc2c(C)n1. The molecule has 2 fully saturated rings. The molecular formula is C29H34N6O. The summed E-state index contributed by atoms with van der Waals surface area (Å²) in [6, 6.07) is 2.71. The number of piperidine rings is 2. The van der Waals surface area contributed by atoms with Gasteiger partial charge in [-0.25, -0.2) is 4.52 Å². The van der Waals surface area contributed by atoms with Gasteiger partial charge in [-0.15, -0.1) is 0 Å². The summed E-state index contributed by atoms with van der Waals surface area (Å²) in [6.07, 6.45) is 22.2. The van der Waals surface area contributed by atoms with E-state index in [2.05, 4.69) is 26.9 Å². The van der Waals surface area contributed by atoms with Crippen molar-refractivity contribution in [2.24, 2.45) is 0 Å². The van der Waals surface area contributed by atoms with Crippen LogP contribution in [0.1, 0.15) is 49.2 Å². The van der Waals surface area contributed by atoms with Crippen molar-refractivity contribution in [3.05, 3.63) is 83.4 Å². The van der Waals surface area contributed by atoms with E-state index in [0.29, 0.717) is 6.04 Å². The van der Waals surface area contributed by atoms with E-state index in [9.17, 15) is 4.79 Å². The molecule has 2 saturated heterocycles. The molecule has 0 aromatic carbocycles. The Balaban J connectivity index is 1.21. The Labute approximate surface area is 212 Å².